The molecule has 3 aliphatic carbocycles. The van der Waals surface area contributed by atoms with Gasteiger partial charge in [0.05, 0.1) is 16.7 Å². The maximum absolute atomic E-state index is 8.74. The van der Waals surface area contributed by atoms with Gasteiger partial charge in [-0.3, -0.25) is 0 Å². The van der Waals surface area contributed by atoms with Gasteiger partial charge in [0, 0.05) is 41.9 Å². The van der Waals surface area contributed by atoms with Gasteiger partial charge < -0.3 is 0 Å². The summed E-state index contributed by atoms with van der Waals surface area (Å²) >= 11 is 0. The minimum Gasteiger partial charge on any atom is -0.201 e. The lowest BCUT2D eigenvalue weighted by Crippen LogP contribution is -2.31. The van der Waals surface area contributed by atoms with Crippen LogP contribution in [0.3, 0.4) is 0 Å². The van der Waals surface area contributed by atoms with Crippen molar-refractivity contribution in [3.63, 3.8) is 0 Å². The van der Waals surface area contributed by atoms with Crippen LogP contribution in [0.5, 0.6) is 0 Å². The fourth-order valence-electron chi connectivity index (χ4n) is 12.1. The Balaban J connectivity index is 0.000000136. The molecule has 3 aliphatic rings. The molecule has 3 heteroatoms. The number of rotatable bonds is 6. The number of aryl methyl sites for hydroxylation is 10. The smallest absolute Gasteiger partial charge is 0.201 e. The Hall–Kier alpha value is -7.23. The van der Waals surface area contributed by atoms with Crippen molar-refractivity contribution in [2.45, 2.75) is 115 Å². The fourth-order valence-corrected chi connectivity index (χ4v) is 12.1. The molecule has 0 amide bonds. The largest absolute Gasteiger partial charge is 0.213 e. The van der Waals surface area contributed by atoms with E-state index in [1.807, 2.05) is 59.1 Å². The van der Waals surface area contributed by atoms with E-state index in [0.29, 0.717) is 0 Å². The Morgan fingerprint density at radius 3 is 1.12 bits per heavy atom. The van der Waals surface area contributed by atoms with E-state index in [2.05, 4.69) is 205 Å². The first-order valence-corrected chi connectivity index (χ1v) is 27.4. The van der Waals surface area contributed by atoms with Crippen molar-refractivity contribution < 1.29 is 19.2 Å². The molecule has 12 rings (SSSR count). The molecular weight excluding hydrogens is 919 g/mol. The lowest BCUT2D eigenvalue weighted by molar-refractivity contribution is -0.660. The van der Waals surface area contributed by atoms with Gasteiger partial charge in [-0.2, -0.15) is 0 Å². The predicted molar refractivity (Wildman–Crippen MR) is 319 cm³/mol. The molecule has 0 spiro atoms. The van der Waals surface area contributed by atoms with Crippen molar-refractivity contribution in [3.8, 4) is 67.2 Å². The van der Waals surface area contributed by atoms with Crippen molar-refractivity contribution in [1.82, 2.24) is 0 Å². The van der Waals surface area contributed by atoms with E-state index in [-0.39, 0.29) is 5.92 Å². The third-order valence-corrected chi connectivity index (χ3v) is 15.7. The van der Waals surface area contributed by atoms with Gasteiger partial charge in [-0.25, -0.2) is 13.7 Å². The predicted octanol–water partition coefficient (Wildman–Crippen LogP) is 16.2. The molecule has 0 saturated heterocycles. The summed E-state index contributed by atoms with van der Waals surface area (Å²) in [4.78, 5) is 0. The molecule has 3 aromatic heterocycles. The highest BCUT2D eigenvalue weighted by Crippen LogP contribution is 2.46. The zero-order valence-corrected chi connectivity index (χ0v) is 47.9. The second-order valence-electron chi connectivity index (χ2n) is 23.6. The van der Waals surface area contributed by atoms with Crippen LogP contribution in [0.25, 0.3) is 67.2 Å². The maximum Gasteiger partial charge on any atom is 0.213 e. The second-order valence-corrected chi connectivity index (χ2v) is 23.6. The van der Waals surface area contributed by atoms with Crippen molar-refractivity contribution >= 4 is 0 Å². The summed E-state index contributed by atoms with van der Waals surface area (Å²) in [6, 6.07) is 46.2. The van der Waals surface area contributed by atoms with E-state index in [9.17, 15) is 0 Å². The van der Waals surface area contributed by atoms with Crippen molar-refractivity contribution in [1.29, 1.82) is 0 Å². The van der Waals surface area contributed by atoms with Gasteiger partial charge in [-0.15, -0.1) is 0 Å². The number of fused-ring (bicyclic) bond motifs is 9. The Kier molecular flexibility index (Phi) is 12.9. The highest BCUT2D eigenvalue weighted by molar-refractivity contribution is 5.87. The van der Waals surface area contributed by atoms with Gasteiger partial charge in [-0.1, -0.05) is 142 Å². The van der Waals surface area contributed by atoms with Gasteiger partial charge in [0.2, 0.25) is 17.1 Å². The summed E-state index contributed by atoms with van der Waals surface area (Å²) in [7, 11) is 6.24. The van der Waals surface area contributed by atoms with E-state index in [0.717, 1.165) is 41.8 Å². The van der Waals surface area contributed by atoms with Crippen LogP contribution in [0.2, 0.25) is 0 Å². The molecule has 0 unspecified atom stereocenters. The Bertz CT molecular complexity index is 3950. The van der Waals surface area contributed by atoms with Crippen LogP contribution < -0.4 is 13.7 Å². The zero-order valence-electron chi connectivity index (χ0n) is 51.9. The quantitative estimate of drug-likeness (QED) is 0.147. The van der Waals surface area contributed by atoms with Crippen LogP contribution in [-0.4, -0.2) is 0 Å². The number of benzene rings is 6. The second kappa shape index (κ2) is 20.7. The van der Waals surface area contributed by atoms with Gasteiger partial charge >= 0.3 is 0 Å². The minimum atomic E-state index is -1.41. The SMILES string of the molecule is Cc1ccc2c(c1)Cc1c-2ccc(C)c1-c1cc(C)cc[n+]1C.[2H]C([2H])(c1cc[n+](C)c(-c2c(C)ccc3c2Cc2cc(C)ccc2-3)c1)C(C)(C)C.[2H]C([2H])(c1cc[n+](C)c(-c2c(C)ccc3c2Cc2cc(C)ccc2-3)c1)C(C)C. The van der Waals surface area contributed by atoms with E-state index in [1.165, 1.54) is 128 Å². The topological polar surface area (TPSA) is 11.6 Å². The number of nitrogens with zero attached hydrogens (tertiary/aromatic N) is 3. The number of pyridine rings is 3. The minimum absolute atomic E-state index is 0.0807. The van der Waals surface area contributed by atoms with Gasteiger partial charge in [0.25, 0.3) is 0 Å². The van der Waals surface area contributed by atoms with E-state index in [4.69, 9.17) is 5.48 Å². The summed E-state index contributed by atoms with van der Waals surface area (Å²) < 4.78 is 41.1. The molecule has 0 fully saturated rings. The summed E-state index contributed by atoms with van der Waals surface area (Å²) in [5, 5.41) is 0. The van der Waals surface area contributed by atoms with Gasteiger partial charge in [-0.05, 0) is 192 Å². The third kappa shape index (κ3) is 10.4. The van der Waals surface area contributed by atoms with Crippen molar-refractivity contribution in [2.75, 3.05) is 0 Å². The molecule has 6 aromatic carbocycles. The van der Waals surface area contributed by atoms with Gasteiger partial charge in [0.1, 0.15) is 21.1 Å². The Labute approximate surface area is 461 Å². The van der Waals surface area contributed by atoms with E-state index in [1.54, 1.807) is 0 Å². The molecular formula is C73H80N3+3. The number of aromatic nitrogens is 3. The summed E-state index contributed by atoms with van der Waals surface area (Å²) in [6.07, 6.45) is 6.30. The van der Waals surface area contributed by atoms with Crippen LogP contribution >= 0.6 is 0 Å². The number of hydrogen-bond acceptors (Lipinski definition) is 0. The van der Waals surface area contributed by atoms with Crippen LogP contribution in [0.4, 0.5) is 0 Å². The average molecular weight is 1000 g/mol. The molecule has 0 atom stereocenters. The zero-order chi connectivity index (χ0) is 57.5. The van der Waals surface area contributed by atoms with Crippen molar-refractivity contribution in [2.24, 2.45) is 32.5 Å². The highest BCUT2D eigenvalue weighted by Gasteiger charge is 2.30. The summed E-state index contributed by atoms with van der Waals surface area (Å²) in [5.74, 6) is -0.0807. The van der Waals surface area contributed by atoms with Crippen molar-refractivity contribution in [3.05, 3.63) is 229 Å². The lowest BCUT2D eigenvalue weighted by atomic mass is 9.87. The fraction of sp³-hybridized carbons (Fsp3) is 0.301. The average Bonchev–Trinajstić information content (AvgIpc) is 4.16. The van der Waals surface area contributed by atoms with E-state index < -0.39 is 18.2 Å². The first-order valence-electron chi connectivity index (χ1n) is 29.4. The first kappa shape index (κ1) is 47.2. The molecule has 0 radical (unpaired) electrons. The molecule has 0 bridgehead atoms. The first-order chi connectivity index (χ1) is 37.7. The monoisotopic (exact) mass is 1000 g/mol. The normalized spacial score (nSPS) is 13.6. The molecule has 3 heterocycles. The third-order valence-electron chi connectivity index (χ3n) is 15.7. The van der Waals surface area contributed by atoms with Crippen LogP contribution in [0, 0.1) is 59.8 Å². The molecule has 76 heavy (non-hydrogen) atoms. The van der Waals surface area contributed by atoms with Crippen LogP contribution in [-0.2, 0) is 53.2 Å². The summed E-state index contributed by atoms with van der Waals surface area (Å²) in [6.45, 7) is 25.0. The maximum atomic E-state index is 8.74. The van der Waals surface area contributed by atoms with Gasteiger partial charge in [0.15, 0.2) is 18.6 Å². The molecule has 0 aliphatic heterocycles. The van der Waals surface area contributed by atoms with Crippen LogP contribution in [0.1, 0.15) is 124 Å². The highest BCUT2D eigenvalue weighted by atomic mass is 14.9. The van der Waals surface area contributed by atoms with E-state index >= 15 is 0 Å². The summed E-state index contributed by atoms with van der Waals surface area (Å²) in [5.41, 5.74) is 34.0. The molecule has 0 N–H and O–H groups in total. The van der Waals surface area contributed by atoms with Crippen LogP contribution in [0.15, 0.2) is 146 Å². The molecule has 384 valence electrons. The molecule has 3 nitrogen and oxygen atoms in total. The Morgan fingerprint density at radius 1 is 0.408 bits per heavy atom. The number of hydrogen-bond donors (Lipinski definition) is 0. The molecule has 9 aromatic rings. The standard InChI is InChI=1S/C26H30N.C25H28N.C22H22N/c1-17-7-9-21-20(13-17)15-23-22(21)10-8-18(2)25(23)24-14-19(11-12-27(24)6)16-26(3,4)5;1-16(2)12-19-10-11-26(5)24(14-19)25-18(4)7-9-22-21-8-6-17(3)13-20(21)15-23(22)25;1-14-5-7-18-17(11-14)13-20-19(18)8-6-16(3)22(20)21-12-15(2)9-10-23(21)4/h7-14H,15-16H2,1-6H3;6-11,13-14,16H,12,15H2,1-5H3;5-12H,13H2,1-4H3/q3*+1/i16D2;12D2;. The molecule has 0 saturated carbocycles. The Morgan fingerprint density at radius 2 is 0.737 bits per heavy atom. The lowest BCUT2D eigenvalue weighted by Gasteiger charge is -2.18.